The van der Waals surface area contributed by atoms with E-state index in [0.717, 1.165) is 23.2 Å². The zero-order valence-corrected chi connectivity index (χ0v) is 16.8. The van der Waals surface area contributed by atoms with E-state index in [4.69, 9.17) is 0 Å². The van der Waals surface area contributed by atoms with Gasteiger partial charge in [0.1, 0.15) is 23.3 Å². The van der Waals surface area contributed by atoms with Gasteiger partial charge in [-0.1, -0.05) is 19.1 Å². The van der Waals surface area contributed by atoms with Gasteiger partial charge in [-0.25, -0.2) is 9.37 Å². The van der Waals surface area contributed by atoms with Crippen LogP contribution in [0.1, 0.15) is 23.6 Å². The summed E-state index contributed by atoms with van der Waals surface area (Å²) < 4.78 is 13.3. The lowest BCUT2D eigenvalue weighted by molar-refractivity contribution is 0.567. The van der Waals surface area contributed by atoms with Gasteiger partial charge in [0.05, 0.1) is 5.69 Å². The molecule has 29 heavy (non-hydrogen) atoms. The minimum atomic E-state index is -0.301. The summed E-state index contributed by atoms with van der Waals surface area (Å²) in [5.74, 6) is 0.168. The number of benzene rings is 2. The molecule has 0 saturated heterocycles. The third-order valence-corrected chi connectivity index (χ3v) is 4.48. The molecule has 146 valence electrons. The van der Waals surface area contributed by atoms with Crippen molar-refractivity contribution < 1.29 is 4.39 Å². The molecule has 2 aromatic carbocycles. The first kappa shape index (κ1) is 20.1. The fourth-order valence-corrected chi connectivity index (χ4v) is 2.86. The molecule has 0 unspecified atom stereocenters. The second-order valence-corrected chi connectivity index (χ2v) is 6.89. The van der Waals surface area contributed by atoms with Gasteiger partial charge in [-0.15, -0.1) is 0 Å². The highest BCUT2D eigenvalue weighted by molar-refractivity contribution is 5.76. The third kappa shape index (κ3) is 4.99. The van der Waals surface area contributed by atoms with E-state index in [-0.39, 0.29) is 5.82 Å². The lowest BCUT2D eigenvalue weighted by Crippen LogP contribution is -2.03. The average Bonchev–Trinajstić information content (AvgIpc) is 2.73. The van der Waals surface area contributed by atoms with E-state index in [0.29, 0.717) is 17.1 Å². The van der Waals surface area contributed by atoms with E-state index in [2.05, 4.69) is 23.3 Å². The molecule has 0 amide bonds. The Morgan fingerprint density at radius 3 is 2.38 bits per heavy atom. The summed E-state index contributed by atoms with van der Waals surface area (Å²) >= 11 is 0. The van der Waals surface area contributed by atoms with E-state index in [1.807, 2.05) is 61.6 Å². The van der Waals surface area contributed by atoms with Gasteiger partial charge in [0.2, 0.25) is 0 Å². The van der Waals surface area contributed by atoms with Gasteiger partial charge >= 0.3 is 0 Å². The van der Waals surface area contributed by atoms with Crippen molar-refractivity contribution in [3.8, 4) is 17.3 Å². The molecule has 0 spiro atoms. The van der Waals surface area contributed by atoms with Crippen LogP contribution in [0, 0.1) is 17.1 Å². The predicted octanol–water partition coefficient (Wildman–Crippen LogP) is 5.60. The van der Waals surface area contributed by atoms with Crippen molar-refractivity contribution in [2.45, 2.75) is 13.3 Å². The molecule has 4 nitrogen and oxygen atoms in total. The number of rotatable bonds is 6. The van der Waals surface area contributed by atoms with Crippen LogP contribution >= 0.6 is 0 Å². The number of aryl methyl sites for hydroxylation is 1. The maximum absolute atomic E-state index is 13.3. The summed E-state index contributed by atoms with van der Waals surface area (Å²) in [6.45, 7) is 2.10. The molecule has 1 aromatic heterocycles. The largest absolute Gasteiger partial charge is 0.383 e. The van der Waals surface area contributed by atoms with Gasteiger partial charge in [0, 0.05) is 25.3 Å². The van der Waals surface area contributed by atoms with Crippen LogP contribution < -0.4 is 5.32 Å². The van der Waals surface area contributed by atoms with Crippen molar-refractivity contribution in [3.63, 3.8) is 0 Å². The Hall–Kier alpha value is -3.65. The van der Waals surface area contributed by atoms with Crippen LogP contribution in [0.3, 0.4) is 0 Å². The van der Waals surface area contributed by atoms with Crippen molar-refractivity contribution in [3.05, 3.63) is 83.3 Å². The number of nitrogens with one attached hydrogen (secondary N) is 1. The van der Waals surface area contributed by atoms with E-state index in [1.165, 1.54) is 17.7 Å². The highest BCUT2D eigenvalue weighted by Gasteiger charge is 2.13. The van der Waals surface area contributed by atoms with Crippen molar-refractivity contribution in [2.24, 2.45) is 0 Å². The fourth-order valence-electron chi connectivity index (χ4n) is 2.86. The summed E-state index contributed by atoms with van der Waals surface area (Å²) in [4.78, 5) is 6.56. The molecule has 0 bridgehead atoms. The smallest absolute Gasteiger partial charge is 0.149 e. The number of nitrogens with zero attached hydrogens (tertiary/aromatic N) is 3. The highest BCUT2D eigenvalue weighted by Crippen LogP contribution is 2.28. The Balaban J connectivity index is 2.10. The second-order valence-electron chi connectivity index (χ2n) is 6.89. The van der Waals surface area contributed by atoms with Crippen molar-refractivity contribution in [1.82, 2.24) is 9.88 Å². The summed E-state index contributed by atoms with van der Waals surface area (Å²) in [5.41, 5.74) is 4.72. The van der Waals surface area contributed by atoms with Crippen molar-refractivity contribution in [1.29, 1.82) is 5.26 Å². The molecule has 5 heteroatoms. The van der Waals surface area contributed by atoms with Crippen LogP contribution in [0.25, 0.3) is 17.3 Å². The number of hydrogen-bond acceptors (Lipinski definition) is 4. The number of hydrogen-bond donors (Lipinski definition) is 1. The molecule has 1 heterocycles. The fraction of sp³-hybridized carbons (Fsp3) is 0.167. The van der Waals surface area contributed by atoms with Gasteiger partial charge < -0.3 is 10.2 Å². The number of nitriles is 1. The first-order valence-corrected chi connectivity index (χ1v) is 9.42. The van der Waals surface area contributed by atoms with Crippen LogP contribution in [-0.4, -0.2) is 24.0 Å². The standard InChI is InChI=1S/C24H23FN4/c1-4-17-5-11-21(12-6-17)27-24-22(16-26)19(13-14-29(2)3)15-23(28-24)18-7-9-20(25)10-8-18/h5-15H,4H2,1-3H3,(H,27,28)/b14-13+. The van der Waals surface area contributed by atoms with Gasteiger partial charge in [0.25, 0.3) is 0 Å². The molecule has 3 aromatic rings. The van der Waals surface area contributed by atoms with Gasteiger partial charge in [-0.05, 0) is 72.3 Å². The first-order valence-electron chi connectivity index (χ1n) is 9.42. The summed E-state index contributed by atoms with van der Waals surface area (Å²) in [6.07, 6.45) is 4.71. The van der Waals surface area contributed by atoms with E-state index in [1.54, 1.807) is 12.1 Å². The lowest BCUT2D eigenvalue weighted by atomic mass is 10.0. The number of halogens is 1. The van der Waals surface area contributed by atoms with Crippen molar-refractivity contribution in [2.75, 3.05) is 19.4 Å². The second kappa shape index (κ2) is 9.03. The highest BCUT2D eigenvalue weighted by atomic mass is 19.1. The number of pyridine rings is 1. The average molecular weight is 386 g/mol. The Kier molecular flexibility index (Phi) is 6.25. The molecule has 0 saturated carbocycles. The van der Waals surface area contributed by atoms with Crippen LogP contribution in [0.15, 0.2) is 60.8 Å². The molecular formula is C24H23FN4. The summed E-state index contributed by atoms with van der Waals surface area (Å²) in [5, 5.41) is 13.1. The maximum atomic E-state index is 13.3. The van der Waals surface area contributed by atoms with Crippen LogP contribution in [-0.2, 0) is 6.42 Å². The maximum Gasteiger partial charge on any atom is 0.149 e. The van der Waals surface area contributed by atoms with Crippen LogP contribution in [0.2, 0.25) is 0 Å². The van der Waals surface area contributed by atoms with Crippen LogP contribution in [0.4, 0.5) is 15.9 Å². The summed E-state index contributed by atoms with van der Waals surface area (Å²) in [7, 11) is 3.83. The molecule has 0 radical (unpaired) electrons. The first-order chi connectivity index (χ1) is 14.0. The predicted molar refractivity (Wildman–Crippen MR) is 116 cm³/mol. The molecule has 0 aliphatic heterocycles. The molecule has 0 atom stereocenters. The third-order valence-electron chi connectivity index (χ3n) is 4.48. The normalized spacial score (nSPS) is 10.7. The van der Waals surface area contributed by atoms with E-state index < -0.39 is 0 Å². The Labute approximate surface area is 170 Å². The zero-order valence-electron chi connectivity index (χ0n) is 16.8. The molecule has 3 rings (SSSR count). The van der Waals surface area contributed by atoms with Gasteiger partial charge in [-0.3, -0.25) is 0 Å². The van der Waals surface area contributed by atoms with Crippen molar-refractivity contribution >= 4 is 17.6 Å². The molecule has 1 N–H and O–H groups in total. The molecule has 0 aliphatic carbocycles. The SMILES string of the molecule is CCc1ccc(Nc2nc(-c3ccc(F)cc3)cc(/C=C/N(C)C)c2C#N)cc1. The van der Waals surface area contributed by atoms with Gasteiger partial charge in [-0.2, -0.15) is 5.26 Å². The minimum Gasteiger partial charge on any atom is -0.383 e. The van der Waals surface area contributed by atoms with Gasteiger partial charge in [0.15, 0.2) is 0 Å². The number of aromatic nitrogens is 1. The molecule has 0 aliphatic rings. The molecule has 0 fully saturated rings. The monoisotopic (exact) mass is 386 g/mol. The topological polar surface area (TPSA) is 52.0 Å². The van der Waals surface area contributed by atoms with Crippen LogP contribution in [0.5, 0.6) is 0 Å². The summed E-state index contributed by atoms with van der Waals surface area (Å²) in [6, 6.07) is 18.3. The van der Waals surface area contributed by atoms with E-state index in [9.17, 15) is 9.65 Å². The molecular weight excluding hydrogens is 363 g/mol. The van der Waals surface area contributed by atoms with E-state index >= 15 is 0 Å². The Bertz CT molecular complexity index is 1050. The quantitative estimate of drug-likeness (QED) is 0.599. The minimum absolute atomic E-state index is 0.301. The number of anilines is 2. The Morgan fingerprint density at radius 1 is 1.10 bits per heavy atom. The Morgan fingerprint density at radius 2 is 1.79 bits per heavy atom. The zero-order chi connectivity index (χ0) is 20.8. The lowest BCUT2D eigenvalue weighted by Gasteiger charge is -2.13.